The van der Waals surface area contributed by atoms with Gasteiger partial charge in [-0.25, -0.2) is 9.78 Å². The van der Waals surface area contributed by atoms with E-state index < -0.39 is 6.10 Å². The van der Waals surface area contributed by atoms with E-state index in [4.69, 9.17) is 9.78 Å². The Morgan fingerprint density at radius 1 is 1.70 bits per heavy atom. The van der Waals surface area contributed by atoms with Crippen molar-refractivity contribution in [3.05, 3.63) is 0 Å². The number of rotatable bonds is 2. The monoisotopic (exact) mass is 145 g/mol. The van der Waals surface area contributed by atoms with E-state index in [9.17, 15) is 4.79 Å². The van der Waals surface area contributed by atoms with Crippen LogP contribution in [0.25, 0.3) is 0 Å². The fraction of sp³-hybridized carbons (Fsp3) is 0.833. The van der Waals surface area contributed by atoms with Crippen LogP contribution in [0, 0.1) is 0 Å². The van der Waals surface area contributed by atoms with Gasteiger partial charge in [0.25, 0.3) is 0 Å². The highest BCUT2D eigenvalue weighted by Crippen LogP contribution is 2.03. The molecule has 1 aliphatic rings. The minimum Gasteiger partial charge on any atom is -0.300 e. The first-order chi connectivity index (χ1) is 4.86. The van der Waals surface area contributed by atoms with Crippen molar-refractivity contribution in [3.8, 4) is 0 Å². The molecule has 1 saturated heterocycles. The third-order valence-corrected chi connectivity index (χ3v) is 1.36. The van der Waals surface area contributed by atoms with Gasteiger partial charge in [0.15, 0.2) is 12.4 Å². The van der Waals surface area contributed by atoms with E-state index in [0.717, 1.165) is 12.7 Å². The topological polar surface area (TPSA) is 47.6 Å². The largest absolute Gasteiger partial charge is 0.300 e. The Balaban J connectivity index is 2.23. The molecule has 1 rings (SSSR count). The first kappa shape index (κ1) is 7.65. The standard InChI is InChI=1S/C6H11NO3/c1-2-6-7-3-5(4-8)9-10-6/h4-7H,2-3H2,1H3. The van der Waals surface area contributed by atoms with Gasteiger partial charge in [0.1, 0.15) is 6.23 Å². The minimum absolute atomic E-state index is 0.0591. The van der Waals surface area contributed by atoms with Gasteiger partial charge in [-0.2, -0.15) is 0 Å². The van der Waals surface area contributed by atoms with Crippen molar-refractivity contribution in [1.29, 1.82) is 0 Å². The molecule has 4 heteroatoms. The summed E-state index contributed by atoms with van der Waals surface area (Å²) in [6.45, 7) is 2.52. The van der Waals surface area contributed by atoms with Gasteiger partial charge in [-0.3, -0.25) is 5.32 Å². The van der Waals surface area contributed by atoms with E-state index in [1.165, 1.54) is 0 Å². The zero-order chi connectivity index (χ0) is 7.40. The van der Waals surface area contributed by atoms with Crippen molar-refractivity contribution >= 4 is 6.29 Å². The van der Waals surface area contributed by atoms with E-state index in [1.807, 2.05) is 6.92 Å². The first-order valence-electron chi connectivity index (χ1n) is 3.37. The maximum Gasteiger partial charge on any atom is 0.160 e. The number of carbonyl (C=O) groups is 1. The summed E-state index contributed by atoms with van der Waals surface area (Å²) < 4.78 is 0. The molecule has 0 spiro atoms. The van der Waals surface area contributed by atoms with E-state index in [1.54, 1.807) is 0 Å². The number of hydrogen-bond donors (Lipinski definition) is 1. The van der Waals surface area contributed by atoms with E-state index in [-0.39, 0.29) is 6.23 Å². The lowest BCUT2D eigenvalue weighted by molar-refractivity contribution is -0.366. The summed E-state index contributed by atoms with van der Waals surface area (Å²) >= 11 is 0. The highest BCUT2D eigenvalue weighted by molar-refractivity contribution is 5.56. The van der Waals surface area contributed by atoms with Crippen molar-refractivity contribution in [2.24, 2.45) is 0 Å². The third-order valence-electron chi connectivity index (χ3n) is 1.36. The molecule has 0 radical (unpaired) electrons. The van der Waals surface area contributed by atoms with Crippen LogP contribution in [0.1, 0.15) is 13.3 Å². The molecule has 0 aromatic carbocycles. The highest BCUT2D eigenvalue weighted by atomic mass is 17.2. The zero-order valence-corrected chi connectivity index (χ0v) is 5.87. The Morgan fingerprint density at radius 2 is 2.50 bits per heavy atom. The second-order valence-corrected chi connectivity index (χ2v) is 2.17. The first-order valence-corrected chi connectivity index (χ1v) is 3.37. The number of aldehydes is 1. The van der Waals surface area contributed by atoms with Gasteiger partial charge in [-0.1, -0.05) is 6.92 Å². The van der Waals surface area contributed by atoms with Crippen LogP contribution in [0.5, 0.6) is 0 Å². The van der Waals surface area contributed by atoms with Gasteiger partial charge in [0, 0.05) is 6.54 Å². The lowest BCUT2D eigenvalue weighted by atomic mass is 10.3. The normalized spacial score (nSPS) is 33.7. The average Bonchev–Trinajstić information content (AvgIpc) is 2.05. The van der Waals surface area contributed by atoms with Gasteiger partial charge >= 0.3 is 0 Å². The summed E-state index contributed by atoms with van der Waals surface area (Å²) in [5.41, 5.74) is 0. The summed E-state index contributed by atoms with van der Waals surface area (Å²) in [6.07, 6.45) is 1.06. The molecule has 1 fully saturated rings. The van der Waals surface area contributed by atoms with E-state index >= 15 is 0 Å². The maximum absolute atomic E-state index is 10.1. The predicted octanol–water partition coefficient (Wildman–Crippen LogP) is -0.159. The Kier molecular flexibility index (Phi) is 2.80. The molecular weight excluding hydrogens is 134 g/mol. The van der Waals surface area contributed by atoms with Crippen molar-refractivity contribution in [2.45, 2.75) is 25.7 Å². The Bertz CT molecular complexity index is 110. The van der Waals surface area contributed by atoms with E-state index in [2.05, 4.69) is 5.32 Å². The molecule has 0 aromatic heterocycles. The molecule has 4 nitrogen and oxygen atoms in total. The molecule has 10 heavy (non-hydrogen) atoms. The van der Waals surface area contributed by atoms with Crippen molar-refractivity contribution in [2.75, 3.05) is 6.54 Å². The summed E-state index contributed by atoms with van der Waals surface area (Å²) in [4.78, 5) is 19.6. The Labute approximate surface area is 59.4 Å². The molecule has 58 valence electrons. The molecule has 0 aliphatic carbocycles. The SMILES string of the molecule is CCC1NCC(C=O)OO1. The van der Waals surface area contributed by atoms with Crippen LogP contribution in [0.2, 0.25) is 0 Å². The quantitative estimate of drug-likeness (QED) is 0.433. The average molecular weight is 145 g/mol. The Hall–Kier alpha value is -0.450. The fourth-order valence-electron chi connectivity index (χ4n) is 0.737. The molecule has 2 unspecified atom stereocenters. The molecule has 1 N–H and O–H groups in total. The molecule has 0 bridgehead atoms. The maximum atomic E-state index is 10.1. The molecular formula is C6H11NO3. The Morgan fingerprint density at radius 3 is 2.90 bits per heavy atom. The lowest BCUT2D eigenvalue weighted by Gasteiger charge is -2.24. The second kappa shape index (κ2) is 3.65. The number of carbonyl (C=O) groups excluding carboxylic acids is 1. The predicted molar refractivity (Wildman–Crippen MR) is 34.1 cm³/mol. The summed E-state index contributed by atoms with van der Waals surface area (Å²) in [6, 6.07) is 0. The highest BCUT2D eigenvalue weighted by Gasteiger charge is 2.19. The van der Waals surface area contributed by atoms with Crippen LogP contribution < -0.4 is 5.32 Å². The molecule has 0 aromatic rings. The van der Waals surface area contributed by atoms with Crippen LogP contribution in [-0.4, -0.2) is 25.2 Å². The number of nitrogens with one attached hydrogen (secondary N) is 1. The summed E-state index contributed by atoms with van der Waals surface area (Å²) in [7, 11) is 0. The van der Waals surface area contributed by atoms with Crippen LogP contribution in [0.15, 0.2) is 0 Å². The molecule has 0 amide bonds. The third kappa shape index (κ3) is 1.76. The van der Waals surface area contributed by atoms with Crippen molar-refractivity contribution in [3.63, 3.8) is 0 Å². The number of hydrogen-bond acceptors (Lipinski definition) is 4. The zero-order valence-electron chi connectivity index (χ0n) is 5.87. The van der Waals surface area contributed by atoms with Crippen LogP contribution in [0.4, 0.5) is 0 Å². The van der Waals surface area contributed by atoms with Crippen LogP contribution in [-0.2, 0) is 14.6 Å². The summed E-state index contributed by atoms with van der Waals surface area (Å²) in [5.74, 6) is 0. The smallest absolute Gasteiger partial charge is 0.160 e. The lowest BCUT2D eigenvalue weighted by Crippen LogP contribution is -2.45. The van der Waals surface area contributed by atoms with E-state index in [0.29, 0.717) is 6.54 Å². The minimum atomic E-state index is -0.442. The van der Waals surface area contributed by atoms with Gasteiger partial charge in [0.05, 0.1) is 0 Å². The van der Waals surface area contributed by atoms with Gasteiger partial charge < -0.3 is 4.79 Å². The molecule has 0 saturated carbocycles. The molecule has 2 atom stereocenters. The van der Waals surface area contributed by atoms with Crippen LogP contribution >= 0.6 is 0 Å². The summed E-state index contributed by atoms with van der Waals surface area (Å²) in [5, 5.41) is 2.99. The van der Waals surface area contributed by atoms with Gasteiger partial charge in [-0.15, -0.1) is 0 Å². The van der Waals surface area contributed by atoms with Gasteiger partial charge in [0.2, 0.25) is 0 Å². The molecule has 1 aliphatic heterocycles. The van der Waals surface area contributed by atoms with Gasteiger partial charge in [-0.05, 0) is 6.42 Å². The van der Waals surface area contributed by atoms with Crippen molar-refractivity contribution in [1.82, 2.24) is 5.32 Å². The van der Waals surface area contributed by atoms with Crippen LogP contribution in [0.3, 0.4) is 0 Å². The van der Waals surface area contributed by atoms with Crippen molar-refractivity contribution < 1.29 is 14.6 Å². The second-order valence-electron chi connectivity index (χ2n) is 2.17. The fourth-order valence-corrected chi connectivity index (χ4v) is 0.737. The molecule has 1 heterocycles.